The number of ether oxygens (including phenoxy) is 1. The fraction of sp³-hybridized carbons (Fsp3) is 1.00. The molecule has 0 radical (unpaired) electrons. The Morgan fingerprint density at radius 2 is 1.90 bits per heavy atom. The quantitative estimate of drug-likeness (QED) is 0.815. The third-order valence-electron chi connectivity index (χ3n) is 5.43. The zero-order valence-corrected chi connectivity index (χ0v) is 14.6. The molecule has 0 spiro atoms. The van der Waals surface area contributed by atoms with E-state index < -0.39 is 0 Å². The number of hydrogen-bond acceptors (Lipinski definition) is 3. The van der Waals surface area contributed by atoms with E-state index in [0.717, 1.165) is 37.0 Å². The van der Waals surface area contributed by atoms with Crippen molar-refractivity contribution >= 4 is 0 Å². The highest BCUT2D eigenvalue weighted by molar-refractivity contribution is 4.90. The van der Waals surface area contributed by atoms with Crippen molar-refractivity contribution in [3.05, 3.63) is 0 Å². The molecule has 0 amide bonds. The average Bonchev–Trinajstić information content (AvgIpc) is 2.47. The minimum atomic E-state index is 0.685. The van der Waals surface area contributed by atoms with Gasteiger partial charge in [-0.25, -0.2) is 0 Å². The van der Waals surface area contributed by atoms with Crippen molar-refractivity contribution < 1.29 is 4.74 Å². The molecule has 2 saturated heterocycles. The first kappa shape index (κ1) is 17.2. The van der Waals surface area contributed by atoms with Gasteiger partial charge in [-0.05, 0) is 37.0 Å². The highest BCUT2D eigenvalue weighted by Crippen LogP contribution is 2.24. The minimum absolute atomic E-state index is 0.685. The molecule has 2 aliphatic rings. The molecule has 0 aliphatic carbocycles. The van der Waals surface area contributed by atoms with Crippen molar-refractivity contribution in [2.75, 3.05) is 32.8 Å². The largest absolute Gasteiger partial charge is 0.381 e. The van der Waals surface area contributed by atoms with Crippen LogP contribution >= 0.6 is 0 Å². The van der Waals surface area contributed by atoms with Gasteiger partial charge < -0.3 is 10.1 Å². The van der Waals surface area contributed by atoms with Crippen LogP contribution in [0.5, 0.6) is 0 Å². The molecule has 0 saturated carbocycles. The molecule has 3 atom stereocenters. The molecule has 0 aromatic rings. The van der Waals surface area contributed by atoms with Crippen molar-refractivity contribution in [2.24, 2.45) is 17.8 Å². The van der Waals surface area contributed by atoms with Crippen molar-refractivity contribution in [1.82, 2.24) is 10.2 Å². The summed E-state index contributed by atoms with van der Waals surface area (Å²) in [7, 11) is 0. The fourth-order valence-electron chi connectivity index (χ4n) is 3.93. The summed E-state index contributed by atoms with van der Waals surface area (Å²) in [4.78, 5) is 2.81. The summed E-state index contributed by atoms with van der Waals surface area (Å²) in [6, 6.07) is 1.41. The monoisotopic (exact) mass is 296 g/mol. The van der Waals surface area contributed by atoms with Crippen molar-refractivity contribution in [2.45, 2.75) is 65.5 Å². The highest BCUT2D eigenvalue weighted by Gasteiger charge is 2.32. The van der Waals surface area contributed by atoms with Crippen LogP contribution in [-0.2, 0) is 4.74 Å². The van der Waals surface area contributed by atoms with E-state index in [1.54, 1.807) is 0 Å². The van der Waals surface area contributed by atoms with Gasteiger partial charge in [0.15, 0.2) is 0 Å². The smallest absolute Gasteiger partial charge is 0.0469 e. The van der Waals surface area contributed by atoms with Crippen LogP contribution in [0.25, 0.3) is 0 Å². The molecule has 2 heterocycles. The minimum Gasteiger partial charge on any atom is -0.381 e. The lowest BCUT2D eigenvalue weighted by molar-refractivity contribution is 0.0236. The van der Waals surface area contributed by atoms with Gasteiger partial charge in [0.05, 0.1) is 0 Å². The van der Waals surface area contributed by atoms with E-state index in [1.807, 2.05) is 0 Å². The Hall–Kier alpha value is -0.120. The fourth-order valence-corrected chi connectivity index (χ4v) is 3.93. The second-order valence-corrected chi connectivity index (χ2v) is 7.70. The summed E-state index contributed by atoms with van der Waals surface area (Å²) in [5.74, 6) is 2.42. The van der Waals surface area contributed by atoms with Gasteiger partial charge in [-0.15, -0.1) is 0 Å². The number of hydrogen-bond donors (Lipinski definition) is 1. The van der Waals surface area contributed by atoms with Gasteiger partial charge in [0.1, 0.15) is 0 Å². The molecule has 2 fully saturated rings. The third-order valence-corrected chi connectivity index (χ3v) is 5.43. The number of nitrogens with one attached hydrogen (secondary N) is 1. The lowest BCUT2D eigenvalue weighted by Crippen LogP contribution is -2.59. The predicted molar refractivity (Wildman–Crippen MR) is 89.6 cm³/mol. The van der Waals surface area contributed by atoms with Crippen LogP contribution in [0, 0.1) is 17.8 Å². The van der Waals surface area contributed by atoms with E-state index in [4.69, 9.17) is 4.74 Å². The normalized spacial score (nSPS) is 30.7. The van der Waals surface area contributed by atoms with Gasteiger partial charge in [0.25, 0.3) is 0 Å². The van der Waals surface area contributed by atoms with Crippen LogP contribution in [0.3, 0.4) is 0 Å². The summed E-state index contributed by atoms with van der Waals surface area (Å²) >= 11 is 0. The van der Waals surface area contributed by atoms with Crippen molar-refractivity contribution in [3.63, 3.8) is 0 Å². The highest BCUT2D eigenvalue weighted by atomic mass is 16.5. The second kappa shape index (κ2) is 8.50. The molecular formula is C18H36N2O. The first-order chi connectivity index (χ1) is 10.1. The molecule has 0 aromatic carbocycles. The summed E-state index contributed by atoms with van der Waals surface area (Å²) in [5, 5.41) is 3.82. The van der Waals surface area contributed by atoms with E-state index in [0.29, 0.717) is 6.04 Å². The number of nitrogens with zero attached hydrogens (tertiary/aromatic N) is 1. The average molecular weight is 296 g/mol. The van der Waals surface area contributed by atoms with Crippen molar-refractivity contribution in [3.8, 4) is 0 Å². The molecule has 0 bridgehead atoms. The SMILES string of the molecule is CCC(C)C1CNC(CC(C)C)CN1CC1CCOCC1. The zero-order chi connectivity index (χ0) is 15.2. The van der Waals surface area contributed by atoms with E-state index in [1.165, 1.54) is 45.3 Å². The molecule has 21 heavy (non-hydrogen) atoms. The second-order valence-electron chi connectivity index (χ2n) is 7.70. The maximum absolute atomic E-state index is 5.53. The van der Waals surface area contributed by atoms with Crippen LogP contribution in [0.1, 0.15) is 53.4 Å². The molecule has 124 valence electrons. The maximum Gasteiger partial charge on any atom is 0.0469 e. The van der Waals surface area contributed by atoms with E-state index in [-0.39, 0.29) is 0 Å². The first-order valence-electron chi connectivity index (χ1n) is 9.15. The molecule has 3 nitrogen and oxygen atoms in total. The Bertz CT molecular complexity index is 289. The lowest BCUT2D eigenvalue weighted by atomic mass is 9.90. The van der Waals surface area contributed by atoms with Gasteiger partial charge in [-0.2, -0.15) is 0 Å². The lowest BCUT2D eigenvalue weighted by Gasteiger charge is -2.45. The van der Waals surface area contributed by atoms with E-state index in [9.17, 15) is 0 Å². The van der Waals surface area contributed by atoms with Crippen LogP contribution in [0.15, 0.2) is 0 Å². The Labute approximate surface area is 131 Å². The van der Waals surface area contributed by atoms with Crippen LogP contribution in [0.2, 0.25) is 0 Å². The third kappa shape index (κ3) is 5.22. The Morgan fingerprint density at radius 3 is 2.52 bits per heavy atom. The first-order valence-corrected chi connectivity index (χ1v) is 9.15. The summed E-state index contributed by atoms with van der Waals surface area (Å²) in [5.41, 5.74) is 0. The van der Waals surface area contributed by atoms with Crippen LogP contribution < -0.4 is 5.32 Å². The molecule has 2 rings (SSSR count). The molecular weight excluding hydrogens is 260 g/mol. The molecule has 3 unspecified atom stereocenters. The van der Waals surface area contributed by atoms with E-state index >= 15 is 0 Å². The van der Waals surface area contributed by atoms with Gasteiger partial charge in [-0.3, -0.25) is 4.90 Å². The number of rotatable bonds is 6. The molecule has 1 N–H and O–H groups in total. The van der Waals surface area contributed by atoms with Gasteiger partial charge >= 0.3 is 0 Å². The topological polar surface area (TPSA) is 24.5 Å². The van der Waals surface area contributed by atoms with Crippen LogP contribution in [0.4, 0.5) is 0 Å². The Kier molecular flexibility index (Phi) is 6.97. The van der Waals surface area contributed by atoms with Gasteiger partial charge in [0.2, 0.25) is 0 Å². The molecule has 3 heteroatoms. The van der Waals surface area contributed by atoms with Crippen LogP contribution in [-0.4, -0.2) is 49.8 Å². The number of piperazine rings is 1. The predicted octanol–water partition coefficient (Wildman–Crippen LogP) is 3.15. The molecule has 0 aromatic heterocycles. The Morgan fingerprint density at radius 1 is 1.19 bits per heavy atom. The summed E-state index contributed by atoms with van der Waals surface area (Å²) in [6.07, 6.45) is 5.10. The van der Waals surface area contributed by atoms with E-state index in [2.05, 4.69) is 37.9 Å². The zero-order valence-electron chi connectivity index (χ0n) is 14.6. The summed E-state index contributed by atoms with van der Waals surface area (Å²) < 4.78 is 5.53. The maximum atomic E-state index is 5.53. The standard InChI is InChI=1S/C18H36N2O/c1-5-15(4)18-11-19-17(10-14(2)3)13-20(18)12-16-6-8-21-9-7-16/h14-19H,5-13H2,1-4H3. The van der Waals surface area contributed by atoms with Gasteiger partial charge in [0, 0.05) is 44.9 Å². The van der Waals surface area contributed by atoms with Crippen molar-refractivity contribution in [1.29, 1.82) is 0 Å². The van der Waals surface area contributed by atoms with Gasteiger partial charge in [-0.1, -0.05) is 34.1 Å². The summed E-state index contributed by atoms with van der Waals surface area (Å²) in [6.45, 7) is 15.1. The Balaban J connectivity index is 1.94. The molecule has 2 aliphatic heterocycles.